The van der Waals surface area contributed by atoms with E-state index in [0.29, 0.717) is 17.4 Å². The Morgan fingerprint density at radius 2 is 1.67 bits per heavy atom. The van der Waals surface area contributed by atoms with Gasteiger partial charge in [-0.25, -0.2) is 0 Å². The van der Waals surface area contributed by atoms with Gasteiger partial charge in [0.1, 0.15) is 5.75 Å². The minimum Gasteiger partial charge on any atom is -0.507 e. The first-order valence-electron chi connectivity index (χ1n) is 7.70. The maximum atomic E-state index is 10.2. The number of aromatic hydroxyl groups is 1. The summed E-state index contributed by atoms with van der Waals surface area (Å²) >= 11 is 3.17. The van der Waals surface area contributed by atoms with Crippen LogP contribution in [0.25, 0.3) is 0 Å². The molecule has 0 aliphatic heterocycles. The zero-order valence-electron chi connectivity index (χ0n) is 12.1. The van der Waals surface area contributed by atoms with E-state index in [-0.39, 0.29) is 5.75 Å². The topological polar surface area (TPSA) is 63.3 Å². The van der Waals surface area contributed by atoms with Crippen LogP contribution in [-0.4, -0.2) is 16.9 Å². The largest absolute Gasteiger partial charge is 0.507 e. The van der Waals surface area contributed by atoms with Crippen LogP contribution in [0.2, 0.25) is 0 Å². The Bertz CT molecular complexity index is 508. The second-order valence-electron chi connectivity index (χ2n) is 7.10. The highest BCUT2D eigenvalue weighted by Gasteiger charge is 2.48. The molecule has 0 radical (unpaired) electrons. The van der Waals surface area contributed by atoms with E-state index < -0.39 is 0 Å². The fourth-order valence-corrected chi connectivity index (χ4v) is 5.18. The molecule has 3 N–H and O–H groups in total. The van der Waals surface area contributed by atoms with E-state index in [1.54, 1.807) is 12.1 Å². The monoisotopic (exact) mass is 351 g/mol. The van der Waals surface area contributed by atoms with E-state index >= 15 is 0 Å². The molecular weight excluding hydrogens is 330 g/mol. The minimum absolute atomic E-state index is 0.0122. The van der Waals surface area contributed by atoms with Gasteiger partial charge in [0, 0.05) is 10.0 Å². The molecule has 4 saturated carbocycles. The average Bonchev–Trinajstić information content (AvgIpc) is 2.39. The van der Waals surface area contributed by atoms with Crippen molar-refractivity contribution in [2.75, 3.05) is 0 Å². The van der Waals surface area contributed by atoms with Crippen molar-refractivity contribution in [1.82, 2.24) is 0 Å². The van der Waals surface area contributed by atoms with Crippen molar-refractivity contribution >= 4 is 22.2 Å². The Kier molecular flexibility index (Phi) is 4.10. The van der Waals surface area contributed by atoms with Crippen LogP contribution in [0.4, 0.5) is 0 Å². The standard InChI is InChI=1S/C10H17N.C7H5BrO2/c11-10-4-7-1-8(5-10)3-9(2-7)6-10;8-6-1-2-7(10)5(3-6)4-9/h7-9H,1-6,11H2;1-4,10H. The van der Waals surface area contributed by atoms with Crippen molar-refractivity contribution in [3.63, 3.8) is 0 Å². The van der Waals surface area contributed by atoms with E-state index in [9.17, 15) is 4.79 Å². The fourth-order valence-electron chi connectivity index (χ4n) is 4.80. The number of phenols is 1. The Balaban J connectivity index is 0.000000127. The van der Waals surface area contributed by atoms with Crippen LogP contribution in [-0.2, 0) is 0 Å². The Morgan fingerprint density at radius 3 is 2.05 bits per heavy atom. The molecule has 21 heavy (non-hydrogen) atoms. The number of carbonyl (C=O) groups excluding carboxylic acids is 1. The Hall–Kier alpha value is -0.870. The minimum atomic E-state index is 0.0122. The third kappa shape index (κ3) is 3.32. The Morgan fingerprint density at radius 1 is 1.14 bits per heavy atom. The van der Waals surface area contributed by atoms with Crippen molar-refractivity contribution in [3.05, 3.63) is 28.2 Å². The van der Waals surface area contributed by atoms with Gasteiger partial charge < -0.3 is 10.8 Å². The number of halogens is 1. The molecule has 4 heteroatoms. The first-order chi connectivity index (χ1) is 9.97. The van der Waals surface area contributed by atoms with Crippen molar-refractivity contribution in [2.45, 2.75) is 44.1 Å². The molecule has 0 amide bonds. The van der Waals surface area contributed by atoms with E-state index in [4.69, 9.17) is 10.8 Å². The van der Waals surface area contributed by atoms with Gasteiger partial charge in [0.25, 0.3) is 0 Å². The van der Waals surface area contributed by atoms with Gasteiger partial charge in [0.2, 0.25) is 0 Å². The summed E-state index contributed by atoms with van der Waals surface area (Å²) in [4.78, 5) is 10.2. The number of aldehydes is 1. The van der Waals surface area contributed by atoms with Gasteiger partial charge in [-0.05, 0) is 74.5 Å². The number of phenolic OH excluding ortho intramolecular Hbond substituents is 1. The summed E-state index contributed by atoms with van der Waals surface area (Å²) in [7, 11) is 0. The lowest BCUT2D eigenvalue weighted by Gasteiger charge is -2.55. The average molecular weight is 352 g/mol. The van der Waals surface area contributed by atoms with Gasteiger partial charge in [0.15, 0.2) is 6.29 Å². The van der Waals surface area contributed by atoms with Crippen LogP contribution in [0.1, 0.15) is 48.9 Å². The summed E-state index contributed by atoms with van der Waals surface area (Å²) in [6, 6.07) is 4.69. The van der Waals surface area contributed by atoms with Crippen LogP contribution in [0.15, 0.2) is 22.7 Å². The highest BCUT2D eigenvalue weighted by molar-refractivity contribution is 9.10. The van der Waals surface area contributed by atoms with Crippen molar-refractivity contribution in [2.24, 2.45) is 23.5 Å². The number of hydrogen-bond donors (Lipinski definition) is 2. The molecule has 3 nitrogen and oxygen atoms in total. The third-order valence-electron chi connectivity index (χ3n) is 5.20. The first kappa shape index (κ1) is 15.0. The fraction of sp³-hybridized carbons (Fsp3) is 0.588. The zero-order valence-corrected chi connectivity index (χ0v) is 13.7. The summed E-state index contributed by atoms with van der Waals surface area (Å²) < 4.78 is 0.785. The molecule has 0 heterocycles. The molecule has 0 aromatic heterocycles. The maximum absolute atomic E-state index is 10.2. The lowest BCUT2D eigenvalue weighted by atomic mass is 9.53. The number of rotatable bonds is 1. The van der Waals surface area contributed by atoms with Gasteiger partial charge in [-0.2, -0.15) is 0 Å². The molecule has 0 spiro atoms. The SMILES string of the molecule is NC12CC3CC(CC(C3)C1)C2.O=Cc1cc(Br)ccc1O. The summed E-state index contributed by atoms with van der Waals surface area (Å²) in [5.41, 5.74) is 6.92. The smallest absolute Gasteiger partial charge is 0.153 e. The van der Waals surface area contributed by atoms with Crippen molar-refractivity contribution in [1.29, 1.82) is 0 Å². The molecule has 0 unspecified atom stereocenters. The molecule has 1 aromatic rings. The molecule has 114 valence electrons. The van der Waals surface area contributed by atoms with Crippen LogP contribution in [0.3, 0.4) is 0 Å². The summed E-state index contributed by atoms with van der Waals surface area (Å²) in [6.45, 7) is 0. The van der Waals surface area contributed by atoms with E-state index in [2.05, 4.69) is 15.9 Å². The number of carbonyl (C=O) groups is 1. The van der Waals surface area contributed by atoms with Crippen molar-refractivity contribution < 1.29 is 9.90 Å². The van der Waals surface area contributed by atoms with E-state index in [1.807, 2.05) is 0 Å². The summed E-state index contributed by atoms with van der Waals surface area (Å²) in [5.74, 6) is 3.07. The predicted octanol–water partition coefficient (Wildman–Crippen LogP) is 3.88. The van der Waals surface area contributed by atoms with Gasteiger partial charge >= 0.3 is 0 Å². The molecule has 0 atom stereocenters. The molecule has 1 aromatic carbocycles. The zero-order chi connectivity index (χ0) is 15.0. The number of hydrogen-bond acceptors (Lipinski definition) is 3. The molecular formula is C17H22BrNO2. The van der Waals surface area contributed by atoms with Gasteiger partial charge in [-0.15, -0.1) is 0 Å². The van der Waals surface area contributed by atoms with Gasteiger partial charge in [-0.3, -0.25) is 4.79 Å². The summed E-state index contributed by atoms with van der Waals surface area (Å²) in [5, 5.41) is 8.98. The maximum Gasteiger partial charge on any atom is 0.153 e. The third-order valence-corrected chi connectivity index (χ3v) is 5.70. The molecule has 4 aliphatic rings. The van der Waals surface area contributed by atoms with Crippen LogP contribution in [0, 0.1) is 17.8 Å². The van der Waals surface area contributed by atoms with Crippen LogP contribution < -0.4 is 5.73 Å². The number of nitrogens with two attached hydrogens (primary N) is 1. The lowest BCUT2D eigenvalue weighted by molar-refractivity contribution is 0.000364. The quantitative estimate of drug-likeness (QED) is 0.754. The van der Waals surface area contributed by atoms with Crippen LogP contribution in [0.5, 0.6) is 5.75 Å². The lowest BCUT2D eigenvalue weighted by Crippen LogP contribution is -2.55. The van der Waals surface area contributed by atoms with Crippen molar-refractivity contribution in [3.8, 4) is 5.75 Å². The highest BCUT2D eigenvalue weighted by Crippen LogP contribution is 2.54. The normalized spacial score (nSPS) is 36.0. The first-order valence-corrected chi connectivity index (χ1v) is 8.49. The second kappa shape index (κ2) is 5.73. The molecule has 0 saturated heterocycles. The predicted molar refractivity (Wildman–Crippen MR) is 86.3 cm³/mol. The Labute approximate surface area is 134 Å². The molecule has 5 rings (SSSR count). The molecule has 4 bridgehead atoms. The van der Waals surface area contributed by atoms with Gasteiger partial charge in [0.05, 0.1) is 5.56 Å². The highest BCUT2D eigenvalue weighted by atomic mass is 79.9. The van der Waals surface area contributed by atoms with Gasteiger partial charge in [-0.1, -0.05) is 15.9 Å². The second-order valence-corrected chi connectivity index (χ2v) is 8.02. The molecule has 4 fully saturated rings. The van der Waals surface area contributed by atoms with E-state index in [1.165, 1.54) is 44.6 Å². The van der Waals surface area contributed by atoms with Crippen LogP contribution >= 0.6 is 15.9 Å². The number of benzene rings is 1. The molecule has 4 aliphatic carbocycles. The summed E-state index contributed by atoms with van der Waals surface area (Å²) in [6.07, 6.45) is 9.18. The van der Waals surface area contributed by atoms with E-state index in [0.717, 1.165) is 22.2 Å².